The molecule has 0 bridgehead atoms. The fourth-order valence-corrected chi connectivity index (χ4v) is 4.93. The highest BCUT2D eigenvalue weighted by Crippen LogP contribution is 2.24. The van der Waals surface area contributed by atoms with Crippen molar-refractivity contribution in [2.45, 2.75) is 59.5 Å². The van der Waals surface area contributed by atoms with Crippen molar-refractivity contribution in [2.24, 2.45) is 11.8 Å². The molecular weight excluding hydrogens is 442 g/mol. The molecule has 0 unspecified atom stereocenters. The van der Waals surface area contributed by atoms with E-state index in [2.05, 4.69) is 30.7 Å². The second kappa shape index (κ2) is 13.0. The largest absolute Gasteiger partial charge is 0.383 e. The number of piperidine rings is 1. The molecule has 1 aliphatic rings. The van der Waals surface area contributed by atoms with E-state index < -0.39 is 0 Å². The number of hydrogen-bond donors (Lipinski definition) is 1. The predicted octanol–water partition coefficient (Wildman–Crippen LogP) is 3.41. The lowest BCUT2D eigenvalue weighted by Gasteiger charge is -2.39. The molecule has 8 heteroatoms. The fourth-order valence-electron chi connectivity index (χ4n) is 4.93. The molecular formula is C27H43N5O3. The number of benzene rings is 1. The van der Waals surface area contributed by atoms with Crippen LogP contribution >= 0.6 is 0 Å². The molecule has 8 nitrogen and oxygen atoms in total. The first-order valence-electron chi connectivity index (χ1n) is 13.2. The van der Waals surface area contributed by atoms with Gasteiger partial charge in [-0.05, 0) is 37.8 Å². The predicted molar refractivity (Wildman–Crippen MR) is 139 cm³/mol. The van der Waals surface area contributed by atoms with E-state index in [0.29, 0.717) is 57.5 Å². The van der Waals surface area contributed by atoms with Crippen LogP contribution in [0.5, 0.6) is 0 Å². The van der Waals surface area contributed by atoms with Gasteiger partial charge in [-0.15, -0.1) is 0 Å². The van der Waals surface area contributed by atoms with Crippen LogP contribution in [0.3, 0.4) is 0 Å². The molecule has 2 heterocycles. The molecule has 1 saturated heterocycles. The molecule has 1 aromatic carbocycles. The van der Waals surface area contributed by atoms with Crippen LogP contribution in [0, 0.1) is 11.8 Å². The number of para-hydroxylation sites is 2. The van der Waals surface area contributed by atoms with Gasteiger partial charge in [0.25, 0.3) is 5.91 Å². The second-order valence-electron chi connectivity index (χ2n) is 9.94. The van der Waals surface area contributed by atoms with Gasteiger partial charge in [0.1, 0.15) is 0 Å². The van der Waals surface area contributed by atoms with Gasteiger partial charge in [-0.3, -0.25) is 9.59 Å². The first-order chi connectivity index (χ1) is 16.9. The van der Waals surface area contributed by atoms with E-state index in [1.54, 1.807) is 7.11 Å². The number of imidazole rings is 1. The number of rotatable bonds is 12. The normalized spacial score (nSPS) is 18.2. The van der Waals surface area contributed by atoms with E-state index in [9.17, 15) is 9.59 Å². The van der Waals surface area contributed by atoms with Gasteiger partial charge in [0, 0.05) is 52.4 Å². The minimum Gasteiger partial charge on any atom is -0.383 e. The maximum absolute atomic E-state index is 14.0. The van der Waals surface area contributed by atoms with Crippen molar-refractivity contribution in [2.75, 3.05) is 46.4 Å². The van der Waals surface area contributed by atoms with Crippen molar-refractivity contribution in [3.8, 4) is 0 Å². The van der Waals surface area contributed by atoms with E-state index in [0.717, 1.165) is 30.4 Å². The van der Waals surface area contributed by atoms with Gasteiger partial charge in [-0.1, -0.05) is 39.3 Å². The minimum absolute atomic E-state index is 0.0439. The summed E-state index contributed by atoms with van der Waals surface area (Å²) in [5.41, 5.74) is 1.85. The van der Waals surface area contributed by atoms with Crippen LogP contribution in [0.15, 0.2) is 24.3 Å². The molecule has 35 heavy (non-hydrogen) atoms. The van der Waals surface area contributed by atoms with Crippen molar-refractivity contribution in [3.05, 3.63) is 30.1 Å². The molecule has 2 amide bonds. The summed E-state index contributed by atoms with van der Waals surface area (Å²) in [6.07, 6.45) is 2.69. The Kier molecular flexibility index (Phi) is 10.1. The first kappa shape index (κ1) is 27.1. The SMILES string of the molecule is CCCCn1c(C(=O)N(CC(C)C)[C@@H]2CNC[C@H](C(=O)N(CC)CCOC)C2)nc2ccccc21. The average molecular weight is 486 g/mol. The van der Waals surface area contributed by atoms with Crippen LogP contribution in [0.25, 0.3) is 11.0 Å². The summed E-state index contributed by atoms with van der Waals surface area (Å²) in [6.45, 7) is 12.9. The zero-order valence-electron chi connectivity index (χ0n) is 22.1. The van der Waals surface area contributed by atoms with Crippen LogP contribution in [-0.2, 0) is 16.1 Å². The van der Waals surface area contributed by atoms with Crippen LogP contribution in [0.2, 0.25) is 0 Å². The third-order valence-electron chi connectivity index (χ3n) is 6.78. The molecule has 194 valence electrons. The lowest BCUT2D eigenvalue weighted by Crippen LogP contribution is -2.55. The number of aromatic nitrogens is 2. The summed E-state index contributed by atoms with van der Waals surface area (Å²) in [4.78, 5) is 35.9. The topological polar surface area (TPSA) is 79.7 Å². The Morgan fingerprint density at radius 1 is 1.23 bits per heavy atom. The Morgan fingerprint density at radius 2 is 2.00 bits per heavy atom. The van der Waals surface area contributed by atoms with Crippen molar-refractivity contribution in [1.29, 1.82) is 0 Å². The number of ether oxygens (including phenoxy) is 1. The lowest BCUT2D eigenvalue weighted by atomic mass is 9.92. The maximum atomic E-state index is 14.0. The third-order valence-corrected chi connectivity index (χ3v) is 6.78. The number of unbranched alkanes of at least 4 members (excludes halogenated alkanes) is 1. The smallest absolute Gasteiger partial charge is 0.290 e. The van der Waals surface area contributed by atoms with Crippen LogP contribution < -0.4 is 5.32 Å². The van der Waals surface area contributed by atoms with Crippen molar-refractivity contribution >= 4 is 22.8 Å². The standard InChI is InChI=1S/C27H43N5O3/c1-6-8-13-31-24-12-10-9-11-23(24)29-25(31)27(34)32(19-20(3)4)22-16-21(17-28-18-22)26(33)30(7-2)14-15-35-5/h9-12,20-22,28H,6-8,13-19H2,1-5H3/t21-,22+/m1/s1. The fraction of sp³-hybridized carbons (Fsp3) is 0.667. The quantitative estimate of drug-likeness (QED) is 0.498. The zero-order valence-corrected chi connectivity index (χ0v) is 22.1. The highest BCUT2D eigenvalue weighted by Gasteiger charge is 2.36. The van der Waals surface area contributed by atoms with Crippen molar-refractivity contribution in [3.63, 3.8) is 0 Å². The number of carbonyl (C=O) groups excluding carboxylic acids is 2. The number of amides is 2. The van der Waals surface area contributed by atoms with E-state index in [4.69, 9.17) is 9.72 Å². The number of nitrogens with one attached hydrogen (secondary N) is 1. The molecule has 0 radical (unpaired) electrons. The number of methoxy groups -OCH3 is 1. The molecule has 0 saturated carbocycles. The molecule has 2 aromatic rings. The highest BCUT2D eigenvalue weighted by molar-refractivity contribution is 5.95. The monoisotopic (exact) mass is 485 g/mol. The molecule has 1 aliphatic heterocycles. The number of hydrogen-bond acceptors (Lipinski definition) is 5. The van der Waals surface area contributed by atoms with Gasteiger partial charge in [0.2, 0.25) is 5.91 Å². The highest BCUT2D eigenvalue weighted by atomic mass is 16.5. The summed E-state index contributed by atoms with van der Waals surface area (Å²) in [5.74, 6) is 0.736. The lowest BCUT2D eigenvalue weighted by molar-refractivity contribution is -0.137. The number of aryl methyl sites for hydroxylation is 1. The van der Waals surface area contributed by atoms with Crippen LogP contribution in [-0.4, -0.2) is 83.6 Å². The number of likely N-dealkylation sites (N-methyl/N-ethyl adjacent to an activating group) is 1. The van der Waals surface area contributed by atoms with E-state index in [1.807, 2.05) is 41.0 Å². The Labute approximate surface area is 210 Å². The van der Waals surface area contributed by atoms with Crippen molar-refractivity contribution in [1.82, 2.24) is 24.7 Å². The summed E-state index contributed by atoms with van der Waals surface area (Å²) >= 11 is 0. The van der Waals surface area contributed by atoms with Gasteiger partial charge < -0.3 is 24.4 Å². The van der Waals surface area contributed by atoms with Gasteiger partial charge >= 0.3 is 0 Å². The summed E-state index contributed by atoms with van der Waals surface area (Å²) < 4.78 is 7.27. The Hall–Kier alpha value is -2.45. The molecule has 2 atom stereocenters. The van der Waals surface area contributed by atoms with E-state index in [-0.39, 0.29) is 23.8 Å². The molecule has 0 spiro atoms. The summed E-state index contributed by atoms with van der Waals surface area (Å²) in [5, 5.41) is 3.44. The van der Waals surface area contributed by atoms with Gasteiger partial charge in [0.15, 0.2) is 5.82 Å². The molecule has 1 aromatic heterocycles. The Bertz CT molecular complexity index is 973. The van der Waals surface area contributed by atoms with Crippen molar-refractivity contribution < 1.29 is 14.3 Å². The zero-order chi connectivity index (χ0) is 25.4. The number of nitrogens with zero attached hydrogens (tertiary/aromatic N) is 4. The molecule has 1 fully saturated rings. The first-order valence-corrected chi connectivity index (χ1v) is 13.2. The molecule has 0 aliphatic carbocycles. The summed E-state index contributed by atoms with van der Waals surface area (Å²) in [6, 6.07) is 7.91. The van der Waals surface area contributed by atoms with E-state index in [1.165, 1.54) is 0 Å². The molecule has 3 rings (SSSR count). The third kappa shape index (κ3) is 6.61. The van der Waals surface area contributed by atoms with Crippen LogP contribution in [0.1, 0.15) is 57.6 Å². The minimum atomic E-state index is -0.160. The van der Waals surface area contributed by atoms with Gasteiger partial charge in [-0.25, -0.2) is 4.98 Å². The maximum Gasteiger partial charge on any atom is 0.290 e. The summed E-state index contributed by atoms with van der Waals surface area (Å²) in [7, 11) is 1.65. The molecule has 1 N–H and O–H groups in total. The second-order valence-corrected chi connectivity index (χ2v) is 9.94. The number of fused-ring (bicyclic) bond motifs is 1. The Morgan fingerprint density at radius 3 is 2.69 bits per heavy atom. The van der Waals surface area contributed by atoms with Gasteiger partial charge in [-0.2, -0.15) is 0 Å². The number of carbonyl (C=O) groups is 2. The Balaban J connectivity index is 1.87. The average Bonchev–Trinajstić information content (AvgIpc) is 3.24. The van der Waals surface area contributed by atoms with Crippen LogP contribution in [0.4, 0.5) is 0 Å². The van der Waals surface area contributed by atoms with Gasteiger partial charge in [0.05, 0.1) is 23.6 Å². The van der Waals surface area contributed by atoms with E-state index >= 15 is 0 Å².